The van der Waals surface area contributed by atoms with E-state index in [1.165, 1.54) is 11.8 Å². The molecule has 0 aliphatic rings. The molecule has 5 rings (SSSR count). The number of anilines is 1. The number of fused-ring (bicyclic) bond motifs is 3. The Hall–Kier alpha value is -4.42. The number of methoxy groups -OCH3 is 1. The van der Waals surface area contributed by atoms with E-state index in [1.54, 1.807) is 31.4 Å². The van der Waals surface area contributed by atoms with Crippen molar-refractivity contribution in [2.45, 2.75) is 5.16 Å². The number of ether oxygens (including phenoxy) is 1. The van der Waals surface area contributed by atoms with E-state index < -0.39 is 0 Å². The van der Waals surface area contributed by atoms with Gasteiger partial charge in [-0.15, -0.1) is 10.2 Å². The molecular formula is C25H18N6O2S. The number of hydrogen-bond donors (Lipinski definition) is 1. The molecule has 0 saturated heterocycles. The fraction of sp³-hybridized carbons (Fsp3) is 0.0800. The number of hydrogen-bond acceptors (Lipinski definition) is 7. The van der Waals surface area contributed by atoms with Crippen LogP contribution in [-0.2, 0) is 4.79 Å². The summed E-state index contributed by atoms with van der Waals surface area (Å²) in [6, 6.07) is 24.2. The lowest BCUT2D eigenvalue weighted by molar-refractivity contribution is -0.113. The molecule has 0 saturated carbocycles. The minimum Gasteiger partial charge on any atom is -0.497 e. The first-order valence-corrected chi connectivity index (χ1v) is 11.4. The van der Waals surface area contributed by atoms with Gasteiger partial charge in [-0.05, 0) is 42.5 Å². The Labute approximate surface area is 199 Å². The van der Waals surface area contributed by atoms with Gasteiger partial charge in [-0.1, -0.05) is 42.1 Å². The largest absolute Gasteiger partial charge is 0.497 e. The second-order valence-corrected chi connectivity index (χ2v) is 8.30. The average molecular weight is 467 g/mol. The van der Waals surface area contributed by atoms with Crippen molar-refractivity contribution in [2.24, 2.45) is 0 Å². The Bertz CT molecular complexity index is 1570. The Morgan fingerprint density at radius 3 is 2.79 bits per heavy atom. The molecule has 0 spiro atoms. The van der Waals surface area contributed by atoms with Gasteiger partial charge in [0, 0.05) is 16.6 Å². The van der Waals surface area contributed by atoms with Crippen LogP contribution in [0.5, 0.6) is 5.75 Å². The first-order chi connectivity index (χ1) is 16.7. The fourth-order valence-electron chi connectivity index (χ4n) is 3.60. The van der Waals surface area contributed by atoms with Crippen LogP contribution >= 0.6 is 11.8 Å². The standard InChI is InChI=1S/C25H18N6O2S/c1-33-19-9-5-7-17(13-19)23-28-21-11-3-2-10-20(21)24-29-30-25(31(23)24)34-15-22(32)27-18-8-4-6-16(12-18)14-26/h2-13H,15H2,1H3,(H,27,32). The minimum absolute atomic E-state index is 0.113. The van der Waals surface area contributed by atoms with Crippen molar-refractivity contribution in [2.75, 3.05) is 18.2 Å². The lowest BCUT2D eigenvalue weighted by Crippen LogP contribution is -2.14. The zero-order chi connectivity index (χ0) is 23.5. The molecule has 0 aliphatic carbocycles. The van der Waals surface area contributed by atoms with Crippen LogP contribution in [0, 0.1) is 11.3 Å². The highest BCUT2D eigenvalue weighted by Gasteiger charge is 2.18. The number of carbonyl (C=O) groups is 1. The summed E-state index contributed by atoms with van der Waals surface area (Å²) in [5.74, 6) is 1.26. The van der Waals surface area contributed by atoms with E-state index in [4.69, 9.17) is 15.0 Å². The van der Waals surface area contributed by atoms with Crippen molar-refractivity contribution in [1.82, 2.24) is 19.6 Å². The van der Waals surface area contributed by atoms with Crippen molar-refractivity contribution >= 4 is 39.9 Å². The molecule has 9 heteroatoms. The maximum absolute atomic E-state index is 12.6. The third kappa shape index (κ3) is 4.14. The molecule has 0 unspecified atom stereocenters. The van der Waals surface area contributed by atoms with Gasteiger partial charge in [-0.2, -0.15) is 5.26 Å². The molecule has 2 aromatic heterocycles. The van der Waals surface area contributed by atoms with Crippen molar-refractivity contribution in [3.63, 3.8) is 0 Å². The van der Waals surface area contributed by atoms with Gasteiger partial charge in [0.05, 0.1) is 30.0 Å². The Kier molecular flexibility index (Phi) is 5.81. The van der Waals surface area contributed by atoms with Gasteiger partial charge in [0.1, 0.15) is 11.6 Å². The second kappa shape index (κ2) is 9.21. The number of benzene rings is 3. The smallest absolute Gasteiger partial charge is 0.234 e. The maximum Gasteiger partial charge on any atom is 0.234 e. The molecule has 0 atom stereocenters. The normalized spacial score (nSPS) is 10.8. The summed E-state index contributed by atoms with van der Waals surface area (Å²) in [5, 5.41) is 22.1. The quantitative estimate of drug-likeness (QED) is 0.366. The lowest BCUT2D eigenvalue weighted by Gasteiger charge is -2.10. The first kappa shape index (κ1) is 21.4. The zero-order valence-electron chi connectivity index (χ0n) is 18.1. The van der Waals surface area contributed by atoms with Crippen LogP contribution in [-0.4, -0.2) is 38.4 Å². The van der Waals surface area contributed by atoms with E-state index in [1.807, 2.05) is 52.9 Å². The number of nitrogens with one attached hydrogen (secondary N) is 1. The summed E-state index contributed by atoms with van der Waals surface area (Å²) < 4.78 is 7.26. The minimum atomic E-state index is -0.214. The van der Waals surface area contributed by atoms with Crippen LogP contribution in [0.4, 0.5) is 5.69 Å². The number of para-hydroxylation sites is 1. The van der Waals surface area contributed by atoms with Crippen LogP contribution < -0.4 is 10.1 Å². The summed E-state index contributed by atoms with van der Waals surface area (Å²) >= 11 is 1.26. The van der Waals surface area contributed by atoms with Gasteiger partial charge in [0.25, 0.3) is 0 Å². The SMILES string of the molecule is COc1cccc(-c2nc3ccccc3c3nnc(SCC(=O)Nc4cccc(C#N)c4)n23)c1. The van der Waals surface area contributed by atoms with Crippen LogP contribution in [0.15, 0.2) is 78.0 Å². The molecule has 1 N–H and O–H groups in total. The van der Waals surface area contributed by atoms with E-state index in [0.29, 0.717) is 33.6 Å². The van der Waals surface area contributed by atoms with Crippen LogP contribution in [0.2, 0.25) is 0 Å². The monoisotopic (exact) mass is 466 g/mol. The highest BCUT2D eigenvalue weighted by atomic mass is 32.2. The van der Waals surface area contributed by atoms with Crippen LogP contribution in [0.3, 0.4) is 0 Å². The first-order valence-electron chi connectivity index (χ1n) is 10.4. The zero-order valence-corrected chi connectivity index (χ0v) is 18.9. The van der Waals surface area contributed by atoms with Gasteiger partial charge >= 0.3 is 0 Å². The van der Waals surface area contributed by atoms with Gasteiger partial charge in [0.15, 0.2) is 10.8 Å². The van der Waals surface area contributed by atoms with Gasteiger partial charge in [-0.3, -0.25) is 9.20 Å². The second-order valence-electron chi connectivity index (χ2n) is 7.36. The number of rotatable bonds is 6. The predicted molar refractivity (Wildman–Crippen MR) is 131 cm³/mol. The van der Waals surface area contributed by atoms with Crippen molar-refractivity contribution in [3.05, 3.63) is 78.4 Å². The molecule has 0 fully saturated rings. The number of carbonyl (C=O) groups excluding carboxylic acids is 1. The van der Waals surface area contributed by atoms with Crippen LogP contribution in [0.25, 0.3) is 27.9 Å². The number of thioether (sulfide) groups is 1. The molecule has 8 nitrogen and oxygen atoms in total. The Morgan fingerprint density at radius 2 is 1.94 bits per heavy atom. The van der Waals surface area contributed by atoms with Gasteiger partial charge < -0.3 is 10.1 Å². The van der Waals surface area contributed by atoms with E-state index in [2.05, 4.69) is 21.6 Å². The van der Waals surface area contributed by atoms with Crippen molar-refractivity contribution < 1.29 is 9.53 Å². The topological polar surface area (TPSA) is 105 Å². The summed E-state index contributed by atoms with van der Waals surface area (Å²) in [4.78, 5) is 17.5. The Morgan fingerprint density at radius 1 is 1.09 bits per heavy atom. The molecule has 0 bridgehead atoms. The number of nitrogens with zero attached hydrogens (tertiary/aromatic N) is 5. The molecule has 2 heterocycles. The van der Waals surface area contributed by atoms with E-state index in [9.17, 15) is 4.79 Å². The van der Waals surface area contributed by atoms with E-state index in [-0.39, 0.29) is 11.7 Å². The molecule has 1 amide bonds. The van der Waals surface area contributed by atoms with E-state index in [0.717, 1.165) is 16.5 Å². The average Bonchev–Trinajstić information content (AvgIpc) is 3.31. The molecule has 3 aromatic carbocycles. The highest BCUT2D eigenvalue weighted by molar-refractivity contribution is 7.99. The maximum atomic E-state index is 12.6. The summed E-state index contributed by atoms with van der Waals surface area (Å²) in [5.41, 5.74) is 3.35. The fourth-order valence-corrected chi connectivity index (χ4v) is 4.34. The van der Waals surface area contributed by atoms with E-state index >= 15 is 0 Å². The molecule has 166 valence electrons. The highest BCUT2D eigenvalue weighted by Crippen LogP contribution is 2.30. The molecule has 5 aromatic rings. The van der Waals surface area contributed by atoms with Crippen molar-refractivity contribution in [3.8, 4) is 23.2 Å². The predicted octanol–water partition coefficient (Wildman–Crippen LogP) is 4.56. The molecule has 0 radical (unpaired) electrons. The third-order valence-corrected chi connectivity index (χ3v) is 6.08. The van der Waals surface area contributed by atoms with Gasteiger partial charge in [-0.25, -0.2) is 4.98 Å². The molecular weight excluding hydrogens is 448 g/mol. The summed E-state index contributed by atoms with van der Waals surface area (Å²) in [6.45, 7) is 0. The van der Waals surface area contributed by atoms with Crippen molar-refractivity contribution in [1.29, 1.82) is 5.26 Å². The van der Waals surface area contributed by atoms with Gasteiger partial charge in [0.2, 0.25) is 5.91 Å². The summed E-state index contributed by atoms with van der Waals surface area (Å²) in [6.07, 6.45) is 0. The molecule has 34 heavy (non-hydrogen) atoms. The number of amides is 1. The molecule has 0 aliphatic heterocycles. The third-order valence-electron chi connectivity index (χ3n) is 5.15. The number of nitriles is 1. The lowest BCUT2D eigenvalue weighted by atomic mass is 10.1. The van der Waals surface area contributed by atoms with Crippen LogP contribution in [0.1, 0.15) is 5.56 Å². The number of aromatic nitrogens is 4. The Balaban J connectivity index is 1.51. The summed E-state index contributed by atoms with van der Waals surface area (Å²) in [7, 11) is 1.62.